The molecule has 0 fully saturated rings. The van der Waals surface area contributed by atoms with Crippen molar-refractivity contribution in [1.29, 1.82) is 0 Å². The zero-order valence-electron chi connectivity index (χ0n) is 14.2. The molecule has 0 aromatic heterocycles. The third kappa shape index (κ3) is 12.2. The van der Waals surface area contributed by atoms with Crippen molar-refractivity contribution in [3.8, 4) is 0 Å². The number of hydrogen-bond acceptors (Lipinski definition) is 7. The fourth-order valence-electron chi connectivity index (χ4n) is 1.38. The fourth-order valence-corrected chi connectivity index (χ4v) is 1.99. The van der Waals surface area contributed by atoms with Crippen molar-refractivity contribution in [1.82, 2.24) is 0 Å². The predicted molar refractivity (Wildman–Crippen MR) is 87.8 cm³/mol. The van der Waals surface area contributed by atoms with E-state index in [2.05, 4.69) is 13.2 Å². The molecule has 0 rings (SSSR count). The van der Waals surface area contributed by atoms with Crippen LogP contribution in [0.3, 0.4) is 0 Å². The van der Waals surface area contributed by atoms with Crippen molar-refractivity contribution >= 4 is 25.3 Å². The highest BCUT2D eigenvalue weighted by atomic mass is 31.2. The maximum atomic E-state index is 11.4. The number of carbonyl (C=O) groups is 3. The van der Waals surface area contributed by atoms with Crippen LogP contribution in [0.5, 0.6) is 0 Å². The lowest BCUT2D eigenvalue weighted by Crippen LogP contribution is -2.29. The predicted octanol–water partition coefficient (Wildman–Crippen LogP) is 0.747. The number of ketones is 1. The van der Waals surface area contributed by atoms with Crippen LogP contribution in [0.15, 0.2) is 24.3 Å². The molecule has 142 valence electrons. The molecule has 0 aliphatic rings. The molecule has 0 atom stereocenters. The normalized spacial score (nSPS) is 11.1. The quantitative estimate of drug-likeness (QED) is 0.286. The van der Waals surface area contributed by atoms with Gasteiger partial charge in [0.2, 0.25) is 0 Å². The van der Waals surface area contributed by atoms with Crippen molar-refractivity contribution in [3.05, 3.63) is 24.3 Å². The van der Waals surface area contributed by atoms with Crippen molar-refractivity contribution in [2.45, 2.75) is 26.4 Å². The molecular formula is C15H23O9P. The number of Topliss-reactive ketones (excluding diaryl/α,β-unsaturated/α-hetero) is 1. The zero-order chi connectivity index (χ0) is 19.6. The molecule has 0 saturated carbocycles. The summed E-state index contributed by atoms with van der Waals surface area (Å²) in [7, 11) is -4.42. The average Bonchev–Trinajstić information content (AvgIpc) is 2.46. The van der Waals surface area contributed by atoms with Gasteiger partial charge in [0.25, 0.3) is 0 Å². The molecule has 0 spiro atoms. The molecule has 0 aliphatic carbocycles. The first-order chi connectivity index (χ1) is 11.4. The van der Waals surface area contributed by atoms with Gasteiger partial charge in [0.05, 0.1) is 6.61 Å². The first-order valence-corrected chi connectivity index (χ1v) is 9.05. The second-order valence-electron chi connectivity index (χ2n) is 5.36. The molecule has 0 bridgehead atoms. The van der Waals surface area contributed by atoms with Crippen LogP contribution in [0.2, 0.25) is 0 Å². The molecule has 0 aromatic carbocycles. The average molecular weight is 378 g/mol. The van der Waals surface area contributed by atoms with Crippen LogP contribution in [0.25, 0.3) is 0 Å². The van der Waals surface area contributed by atoms with Gasteiger partial charge in [0, 0.05) is 17.6 Å². The van der Waals surface area contributed by atoms with E-state index in [4.69, 9.17) is 24.0 Å². The van der Waals surface area contributed by atoms with Crippen LogP contribution in [0, 0.1) is 0 Å². The second-order valence-corrected chi connectivity index (χ2v) is 7.01. The van der Waals surface area contributed by atoms with E-state index in [1.165, 1.54) is 13.8 Å². The van der Waals surface area contributed by atoms with Crippen molar-refractivity contribution in [2.24, 2.45) is 0 Å². The highest BCUT2D eigenvalue weighted by Crippen LogP contribution is 2.34. The van der Waals surface area contributed by atoms with Gasteiger partial charge in [-0.3, -0.25) is 9.36 Å². The fraction of sp³-hybridized carbons (Fsp3) is 0.533. The molecule has 25 heavy (non-hydrogen) atoms. The minimum absolute atomic E-state index is 0.175. The van der Waals surface area contributed by atoms with E-state index in [0.29, 0.717) is 0 Å². The Morgan fingerprint density at radius 1 is 1.00 bits per heavy atom. The molecule has 0 unspecified atom stereocenters. The molecule has 0 aliphatic heterocycles. The largest absolute Gasteiger partial charge is 0.459 e. The monoisotopic (exact) mass is 378 g/mol. The molecule has 0 saturated heterocycles. The summed E-state index contributed by atoms with van der Waals surface area (Å²) in [6.45, 7) is 9.08. The van der Waals surface area contributed by atoms with Gasteiger partial charge in [-0.1, -0.05) is 13.2 Å². The van der Waals surface area contributed by atoms with Crippen LogP contribution >= 0.6 is 7.60 Å². The minimum atomic E-state index is -4.42. The van der Waals surface area contributed by atoms with Gasteiger partial charge in [-0.2, -0.15) is 0 Å². The second kappa shape index (κ2) is 10.9. The SMILES string of the molecule is C=C(C)C(=O)OCC(COC(=O)C(=C)C)OCCC(=O)CP(=O)(O)O. The summed E-state index contributed by atoms with van der Waals surface area (Å²) in [5, 5.41) is 0. The molecule has 10 heteroatoms. The van der Waals surface area contributed by atoms with E-state index < -0.39 is 37.6 Å². The molecule has 0 amide bonds. The van der Waals surface area contributed by atoms with Gasteiger partial charge < -0.3 is 24.0 Å². The number of rotatable bonds is 12. The van der Waals surface area contributed by atoms with E-state index in [1.54, 1.807) is 0 Å². The van der Waals surface area contributed by atoms with Gasteiger partial charge in [0.15, 0.2) is 0 Å². The summed E-state index contributed by atoms with van der Waals surface area (Å²) < 4.78 is 25.8. The van der Waals surface area contributed by atoms with Gasteiger partial charge >= 0.3 is 19.5 Å². The Morgan fingerprint density at radius 3 is 1.80 bits per heavy atom. The maximum absolute atomic E-state index is 11.4. The lowest BCUT2D eigenvalue weighted by molar-refractivity contribution is -0.151. The summed E-state index contributed by atoms with van der Waals surface area (Å²) in [6, 6.07) is 0. The van der Waals surface area contributed by atoms with Crippen LogP contribution in [-0.4, -0.2) is 59.6 Å². The van der Waals surface area contributed by atoms with E-state index in [0.717, 1.165) is 0 Å². The number of hydrogen-bond donors (Lipinski definition) is 2. The van der Waals surface area contributed by atoms with Crippen LogP contribution in [0.1, 0.15) is 20.3 Å². The van der Waals surface area contributed by atoms with Crippen LogP contribution in [0.4, 0.5) is 0 Å². The van der Waals surface area contributed by atoms with Crippen LogP contribution in [-0.2, 0) is 33.2 Å². The molecular weight excluding hydrogens is 355 g/mol. The molecule has 0 radical (unpaired) electrons. The zero-order valence-corrected chi connectivity index (χ0v) is 15.1. The molecule has 2 N–H and O–H groups in total. The number of esters is 2. The third-order valence-electron chi connectivity index (χ3n) is 2.61. The van der Waals surface area contributed by atoms with E-state index in [-0.39, 0.29) is 37.4 Å². The Labute approximate surface area is 145 Å². The Bertz CT molecular complexity index is 546. The maximum Gasteiger partial charge on any atom is 0.333 e. The highest BCUT2D eigenvalue weighted by Gasteiger charge is 2.20. The van der Waals surface area contributed by atoms with Gasteiger partial charge in [-0.05, 0) is 13.8 Å². The Hall–Kier alpha value is -1.80. The van der Waals surface area contributed by atoms with Crippen molar-refractivity contribution in [3.63, 3.8) is 0 Å². The first-order valence-electron chi connectivity index (χ1n) is 7.25. The summed E-state index contributed by atoms with van der Waals surface area (Å²) >= 11 is 0. The van der Waals surface area contributed by atoms with Gasteiger partial charge in [-0.15, -0.1) is 0 Å². The minimum Gasteiger partial charge on any atom is -0.459 e. The summed E-state index contributed by atoms with van der Waals surface area (Å²) in [5.74, 6) is -1.99. The number of carbonyl (C=O) groups excluding carboxylic acids is 3. The molecule has 0 heterocycles. The summed E-state index contributed by atoms with van der Waals surface area (Å²) in [5.41, 5.74) is 0.351. The smallest absolute Gasteiger partial charge is 0.333 e. The summed E-state index contributed by atoms with van der Waals surface area (Å²) in [4.78, 5) is 51.6. The van der Waals surface area contributed by atoms with Gasteiger partial charge in [-0.25, -0.2) is 9.59 Å². The standard InChI is InChI=1S/C15H23O9P/c1-10(2)14(17)23-7-13(8-24-15(18)11(3)4)22-6-5-12(16)9-25(19,20)21/h13H,1,3,5-9H2,2,4H3,(H2,19,20,21). The highest BCUT2D eigenvalue weighted by molar-refractivity contribution is 7.52. The third-order valence-corrected chi connectivity index (χ3v) is 3.38. The lowest BCUT2D eigenvalue weighted by Gasteiger charge is -2.18. The Balaban J connectivity index is 4.51. The molecule has 9 nitrogen and oxygen atoms in total. The van der Waals surface area contributed by atoms with Crippen LogP contribution < -0.4 is 0 Å². The number of ether oxygens (including phenoxy) is 3. The van der Waals surface area contributed by atoms with Crippen molar-refractivity contribution < 1.29 is 42.9 Å². The van der Waals surface area contributed by atoms with E-state index in [9.17, 15) is 18.9 Å². The van der Waals surface area contributed by atoms with Crippen molar-refractivity contribution in [2.75, 3.05) is 26.0 Å². The summed E-state index contributed by atoms with van der Waals surface area (Å²) in [6.07, 6.45) is -1.98. The first kappa shape index (κ1) is 23.2. The Morgan fingerprint density at radius 2 is 1.44 bits per heavy atom. The lowest BCUT2D eigenvalue weighted by atomic mass is 10.3. The van der Waals surface area contributed by atoms with E-state index >= 15 is 0 Å². The molecule has 0 aromatic rings. The van der Waals surface area contributed by atoms with Gasteiger partial charge in [0.1, 0.15) is 31.3 Å². The van der Waals surface area contributed by atoms with E-state index in [1.807, 2.05) is 0 Å². The Kier molecular flexibility index (Phi) is 10.2. The topological polar surface area (TPSA) is 136 Å².